The second-order valence-electron chi connectivity index (χ2n) is 22.3. The summed E-state index contributed by atoms with van der Waals surface area (Å²) in [7, 11) is 0. The maximum absolute atomic E-state index is 13.7. The summed E-state index contributed by atoms with van der Waals surface area (Å²) in [6, 6.07) is 0. The highest BCUT2D eigenvalue weighted by molar-refractivity contribution is 5.77. The van der Waals surface area contributed by atoms with Gasteiger partial charge >= 0.3 is 5.97 Å². The molecule has 8 rings (SSSR count). The molecule has 3 saturated heterocycles. The first kappa shape index (κ1) is 48.7. The van der Waals surface area contributed by atoms with Crippen molar-refractivity contribution in [1.29, 1.82) is 0 Å². The first-order chi connectivity index (χ1) is 29.9. The molecule has 4 saturated carbocycles. The smallest absolute Gasteiger partial charge is 0.312 e. The average Bonchev–Trinajstić information content (AvgIpc) is 3.23. The van der Waals surface area contributed by atoms with Gasteiger partial charge in [0.1, 0.15) is 72.7 Å². The minimum absolute atomic E-state index is 0.0609. The maximum Gasteiger partial charge on any atom is 0.312 e. The summed E-state index contributed by atoms with van der Waals surface area (Å²) >= 11 is 0. The summed E-state index contributed by atoms with van der Waals surface area (Å²) in [6.45, 7) is 11.4. The Morgan fingerprint density at radius 1 is 0.734 bits per heavy atom. The number of aldehydes is 1. The zero-order valence-corrected chi connectivity index (χ0v) is 37.8. The predicted octanol–water partition coefficient (Wildman–Crippen LogP) is 0.134. The lowest BCUT2D eigenvalue weighted by Gasteiger charge is -2.71. The Hall–Kier alpha value is -1.72. The van der Waals surface area contributed by atoms with Crippen molar-refractivity contribution in [2.45, 2.75) is 191 Å². The van der Waals surface area contributed by atoms with Gasteiger partial charge in [0, 0.05) is 0 Å². The number of carboxylic acid groups (broad SMARTS) is 1. The molecule has 9 unspecified atom stereocenters. The normalized spacial score (nSPS) is 54.9. The third-order valence-corrected chi connectivity index (χ3v) is 18.6. The molecule has 364 valence electrons. The monoisotopic (exact) mass is 912 g/mol. The van der Waals surface area contributed by atoms with E-state index in [-0.39, 0.29) is 28.6 Å². The van der Waals surface area contributed by atoms with Gasteiger partial charge in [-0.1, -0.05) is 53.2 Å². The number of ether oxygens (including phenoxy) is 6. The van der Waals surface area contributed by atoms with E-state index in [9.17, 15) is 60.7 Å². The van der Waals surface area contributed by atoms with Gasteiger partial charge in [-0.2, -0.15) is 0 Å². The number of rotatable bonds is 9. The predicted molar refractivity (Wildman–Crippen MR) is 220 cm³/mol. The number of aliphatic hydroxyl groups is 9. The highest BCUT2D eigenvalue weighted by atomic mass is 16.8. The summed E-state index contributed by atoms with van der Waals surface area (Å²) in [5.74, 6) is -1.39. The number of aliphatic hydroxyl groups excluding tert-OH is 9. The van der Waals surface area contributed by atoms with Crippen LogP contribution in [0.4, 0.5) is 0 Å². The number of hydrogen-bond acceptors (Lipinski definition) is 17. The molecule has 0 amide bonds. The molecular formula is C46H72O18. The van der Waals surface area contributed by atoms with Gasteiger partial charge in [0.25, 0.3) is 0 Å². The molecule has 0 aromatic rings. The number of carboxylic acids is 1. The molecule has 0 aromatic carbocycles. The Labute approximate surface area is 373 Å². The largest absolute Gasteiger partial charge is 0.481 e. The third kappa shape index (κ3) is 7.31. The number of fused-ring (bicyclic) bond motifs is 7. The number of aliphatic carboxylic acids is 1. The van der Waals surface area contributed by atoms with E-state index in [0.717, 1.165) is 18.3 Å². The van der Waals surface area contributed by atoms with Gasteiger partial charge in [0.15, 0.2) is 18.9 Å². The SMILES string of the molecule is CC1(C)CC[C@]2(C(=O)O)C(O)C[C@]3(C)C(=CCC4C5(C)CC[C@H](O[C@@H]6OC[C@@H](O)[C@H](O[C@@H]7OC[C@@H](O)[C@H](O)C7O)C6O[C@@H]6OC(CO)[C@H](O)[C@H](O)C6O)[C@](C)(C=O)[C@@H]5CCC43C)C2C1. The molecule has 23 atom stereocenters. The Morgan fingerprint density at radius 3 is 2.06 bits per heavy atom. The van der Waals surface area contributed by atoms with Gasteiger partial charge in [0.2, 0.25) is 0 Å². The van der Waals surface area contributed by atoms with Crippen molar-refractivity contribution in [2.24, 2.45) is 50.2 Å². The topological polar surface area (TPSA) is 292 Å². The fourth-order valence-electron chi connectivity index (χ4n) is 14.5. The van der Waals surface area contributed by atoms with Gasteiger partial charge in [0.05, 0.1) is 37.4 Å². The van der Waals surface area contributed by atoms with Crippen LogP contribution in [-0.4, -0.2) is 175 Å². The molecule has 64 heavy (non-hydrogen) atoms. The second-order valence-corrected chi connectivity index (χ2v) is 22.3. The quantitative estimate of drug-likeness (QED) is 0.0836. The summed E-state index contributed by atoms with van der Waals surface area (Å²) in [4.78, 5) is 26.9. The lowest BCUT2D eigenvalue weighted by Crippen LogP contribution is -2.68. The molecule has 10 N–H and O–H groups in total. The molecule has 3 aliphatic heterocycles. The highest BCUT2D eigenvalue weighted by Gasteiger charge is 2.72. The van der Waals surface area contributed by atoms with Gasteiger partial charge in [-0.15, -0.1) is 0 Å². The molecule has 0 bridgehead atoms. The molecule has 3 heterocycles. The van der Waals surface area contributed by atoms with Crippen LogP contribution in [0.25, 0.3) is 0 Å². The van der Waals surface area contributed by atoms with Crippen molar-refractivity contribution in [2.75, 3.05) is 19.8 Å². The lowest BCUT2D eigenvalue weighted by molar-refractivity contribution is -0.384. The van der Waals surface area contributed by atoms with E-state index < -0.39 is 140 Å². The summed E-state index contributed by atoms with van der Waals surface area (Å²) in [6.07, 6.45) is -14.4. The fraction of sp³-hybridized carbons (Fsp3) is 0.913. The van der Waals surface area contributed by atoms with Gasteiger partial charge in [-0.3, -0.25) is 4.79 Å². The molecule has 5 aliphatic carbocycles. The van der Waals surface area contributed by atoms with Crippen LogP contribution in [0.2, 0.25) is 0 Å². The maximum atomic E-state index is 13.7. The van der Waals surface area contributed by atoms with E-state index >= 15 is 0 Å². The molecule has 8 aliphatic rings. The van der Waals surface area contributed by atoms with E-state index in [1.54, 1.807) is 0 Å². The summed E-state index contributed by atoms with van der Waals surface area (Å²) in [5.41, 5.74) is -2.56. The van der Waals surface area contributed by atoms with Crippen LogP contribution in [0.5, 0.6) is 0 Å². The van der Waals surface area contributed by atoms with Crippen molar-refractivity contribution in [3.05, 3.63) is 11.6 Å². The van der Waals surface area contributed by atoms with E-state index in [1.165, 1.54) is 0 Å². The average molecular weight is 913 g/mol. The first-order valence-corrected chi connectivity index (χ1v) is 23.2. The van der Waals surface area contributed by atoms with Crippen molar-refractivity contribution >= 4 is 12.3 Å². The molecule has 18 nitrogen and oxygen atoms in total. The first-order valence-electron chi connectivity index (χ1n) is 23.2. The van der Waals surface area contributed by atoms with E-state index in [4.69, 9.17) is 28.4 Å². The molecule has 18 heteroatoms. The highest BCUT2D eigenvalue weighted by Crippen LogP contribution is 2.76. The summed E-state index contributed by atoms with van der Waals surface area (Å²) < 4.78 is 36.3. The lowest BCUT2D eigenvalue weighted by atomic mass is 9.33. The Morgan fingerprint density at radius 2 is 1.39 bits per heavy atom. The molecule has 7 fully saturated rings. The van der Waals surface area contributed by atoms with Crippen LogP contribution in [0.3, 0.4) is 0 Å². The van der Waals surface area contributed by atoms with Gasteiger partial charge in [-0.05, 0) is 97.2 Å². The molecule has 0 aromatic heterocycles. The van der Waals surface area contributed by atoms with Crippen LogP contribution >= 0.6 is 0 Å². The minimum atomic E-state index is -1.87. The number of carbonyl (C=O) groups excluding carboxylic acids is 1. The van der Waals surface area contributed by atoms with Crippen LogP contribution in [-0.2, 0) is 38.0 Å². The van der Waals surface area contributed by atoms with Gasteiger partial charge < -0.3 is 84.3 Å². The Kier molecular flexibility index (Phi) is 13.0. The Bertz CT molecular complexity index is 1780. The fourth-order valence-corrected chi connectivity index (χ4v) is 14.5. The zero-order valence-electron chi connectivity index (χ0n) is 37.8. The number of carbonyl (C=O) groups is 2. The zero-order chi connectivity index (χ0) is 46.7. The van der Waals surface area contributed by atoms with Crippen LogP contribution in [0.1, 0.15) is 99.3 Å². The second kappa shape index (κ2) is 17.1. The van der Waals surface area contributed by atoms with Crippen molar-refractivity contribution in [3.63, 3.8) is 0 Å². The van der Waals surface area contributed by atoms with Crippen LogP contribution < -0.4 is 0 Å². The molecular weight excluding hydrogens is 840 g/mol. The number of allylic oxidation sites excluding steroid dienone is 2. The van der Waals surface area contributed by atoms with Crippen molar-refractivity contribution < 1.29 is 89.1 Å². The Balaban J connectivity index is 1.09. The summed E-state index contributed by atoms with van der Waals surface area (Å²) in [5, 5.41) is 107. The van der Waals surface area contributed by atoms with Crippen LogP contribution in [0, 0.1) is 50.2 Å². The molecule has 0 spiro atoms. The van der Waals surface area contributed by atoms with E-state index in [0.29, 0.717) is 51.4 Å². The van der Waals surface area contributed by atoms with Crippen molar-refractivity contribution in [1.82, 2.24) is 0 Å². The number of hydrogen-bond donors (Lipinski definition) is 10. The minimum Gasteiger partial charge on any atom is -0.481 e. The van der Waals surface area contributed by atoms with Crippen LogP contribution in [0.15, 0.2) is 11.6 Å². The standard InChI is InChI=1S/C46H72O18/c1-41(2)13-14-46(40(57)58)22(15-41)21-7-8-27-42(3)11-10-29(43(4,20-48)26(42)9-12-44(27,5)45(21,6)16-28(46)51)62-39-36(64-38-34(56)32(54)31(53)25(17-47)61-38)35(24(50)19-60-39)63-37-33(55)30(52)23(49)18-59-37/h7,20,22-39,47,49-56H,8-19H2,1-6H3,(H,57,58)/t22?,23-,24-,25?,26-,27?,28?,29+,30+,31+,32+,33?,34?,35+,36?,37+,38+,39+,42?,43-,44?,45-,46-/m1/s1. The third-order valence-electron chi connectivity index (χ3n) is 18.6. The van der Waals surface area contributed by atoms with E-state index in [2.05, 4.69) is 40.7 Å². The van der Waals surface area contributed by atoms with Crippen molar-refractivity contribution in [3.8, 4) is 0 Å². The molecule has 0 radical (unpaired) electrons. The van der Waals surface area contributed by atoms with E-state index in [1.807, 2.05) is 6.92 Å². The van der Waals surface area contributed by atoms with Gasteiger partial charge in [-0.25, -0.2) is 0 Å².